The van der Waals surface area contributed by atoms with Gasteiger partial charge in [0.2, 0.25) is 5.12 Å². The third kappa shape index (κ3) is 6.40. The lowest BCUT2D eigenvalue weighted by atomic mass is 10.1. The van der Waals surface area contributed by atoms with Crippen LogP contribution < -0.4 is 0 Å². The summed E-state index contributed by atoms with van der Waals surface area (Å²) < 4.78 is 87.4. The largest absolute Gasteiger partial charge is 0.453 e. The van der Waals surface area contributed by atoms with Crippen molar-refractivity contribution in [2.24, 2.45) is 0 Å². The molecule has 0 unspecified atom stereocenters. The van der Waals surface area contributed by atoms with E-state index in [1.807, 2.05) is 0 Å². The third-order valence-electron chi connectivity index (χ3n) is 2.82. The van der Waals surface area contributed by atoms with Crippen LogP contribution in [0.4, 0.5) is 30.7 Å². The van der Waals surface area contributed by atoms with E-state index in [1.54, 1.807) is 18.2 Å². The summed E-state index contributed by atoms with van der Waals surface area (Å²) in [5.41, 5.74) is 0.355. The maximum atomic E-state index is 13.2. The normalized spacial score (nSPS) is 13.2. The topological polar surface area (TPSA) is 17.1 Å². The molecule has 0 saturated heterocycles. The summed E-state index contributed by atoms with van der Waals surface area (Å²) in [6.45, 7) is 0. The Bertz CT molecular complexity index is 514. The summed E-state index contributed by atoms with van der Waals surface area (Å²) >= 11 is 0.712. The van der Waals surface area contributed by atoms with Crippen LogP contribution in [0.2, 0.25) is 0 Å². The molecule has 0 aliphatic rings. The average molecular weight is 362 g/mol. The second-order valence-corrected chi connectivity index (χ2v) is 5.91. The van der Waals surface area contributed by atoms with E-state index in [1.165, 1.54) is 12.1 Å². The number of rotatable bonds is 7. The lowest BCUT2D eigenvalue weighted by Crippen LogP contribution is -2.41. The summed E-state index contributed by atoms with van der Waals surface area (Å²) in [6.07, 6.45) is -10.1. The van der Waals surface area contributed by atoms with Gasteiger partial charge in [0.1, 0.15) is 0 Å². The Kier molecular flexibility index (Phi) is 6.49. The summed E-state index contributed by atoms with van der Waals surface area (Å²) in [5, 5.41) is -0.380. The molecular formula is C14H13F7OS. The Morgan fingerprint density at radius 1 is 0.957 bits per heavy atom. The monoisotopic (exact) mass is 362 g/mol. The number of halogens is 7. The van der Waals surface area contributed by atoms with Crippen molar-refractivity contribution in [2.75, 3.05) is 5.75 Å². The molecule has 0 fully saturated rings. The molecule has 9 heteroatoms. The molecular weight excluding hydrogens is 349 g/mol. The van der Waals surface area contributed by atoms with Crippen molar-refractivity contribution in [3.05, 3.63) is 35.9 Å². The molecule has 0 bridgehead atoms. The van der Waals surface area contributed by atoms with Crippen LogP contribution in [0.15, 0.2) is 30.3 Å². The predicted octanol–water partition coefficient (Wildman–Crippen LogP) is 5.56. The molecule has 0 spiro atoms. The lowest BCUT2D eigenvalue weighted by molar-refractivity contribution is -0.300. The zero-order valence-corrected chi connectivity index (χ0v) is 12.5. The number of carbonyl (C=O) groups excluding carboxylic acids is 1. The van der Waals surface area contributed by atoms with Gasteiger partial charge in [0, 0.05) is 17.7 Å². The maximum absolute atomic E-state index is 13.2. The maximum Gasteiger partial charge on any atom is 0.453 e. The molecule has 0 atom stereocenters. The first-order valence-corrected chi connectivity index (χ1v) is 7.48. The minimum atomic E-state index is -6.01. The molecule has 130 valence electrons. The highest BCUT2D eigenvalue weighted by molar-refractivity contribution is 8.14. The van der Waals surface area contributed by atoms with E-state index in [9.17, 15) is 35.5 Å². The molecule has 23 heavy (non-hydrogen) atoms. The van der Waals surface area contributed by atoms with Gasteiger partial charge < -0.3 is 0 Å². The predicted molar refractivity (Wildman–Crippen MR) is 73.0 cm³/mol. The van der Waals surface area contributed by atoms with Crippen molar-refractivity contribution in [1.82, 2.24) is 0 Å². The first-order chi connectivity index (χ1) is 10.4. The number of alkyl halides is 7. The number of hydrogen-bond acceptors (Lipinski definition) is 2. The Labute approximate surface area is 132 Å². The van der Waals surface area contributed by atoms with Crippen LogP contribution in [0.3, 0.4) is 0 Å². The zero-order valence-electron chi connectivity index (χ0n) is 11.7. The minimum Gasteiger partial charge on any atom is -0.282 e. The van der Waals surface area contributed by atoms with E-state index in [2.05, 4.69) is 0 Å². The van der Waals surface area contributed by atoms with E-state index in [0.717, 1.165) is 0 Å². The average Bonchev–Trinajstić information content (AvgIpc) is 2.42. The number of hydrogen-bond donors (Lipinski definition) is 0. The third-order valence-corrected chi connectivity index (χ3v) is 3.82. The summed E-state index contributed by atoms with van der Waals surface area (Å²) in [7, 11) is 0. The molecule has 0 aliphatic carbocycles. The van der Waals surface area contributed by atoms with Gasteiger partial charge in [-0.1, -0.05) is 42.1 Å². The van der Waals surface area contributed by atoms with Crippen LogP contribution in [0.1, 0.15) is 29.6 Å². The van der Waals surface area contributed by atoms with Gasteiger partial charge in [-0.2, -0.15) is 22.0 Å². The summed E-state index contributed by atoms with van der Waals surface area (Å²) in [4.78, 5) is 11.6. The van der Waals surface area contributed by atoms with Crippen molar-refractivity contribution < 1.29 is 35.5 Å². The van der Waals surface area contributed by atoms with Gasteiger partial charge in [-0.15, -0.1) is 0 Å². The van der Waals surface area contributed by atoms with E-state index in [0.29, 0.717) is 17.3 Å². The van der Waals surface area contributed by atoms with Crippen LogP contribution in [-0.2, 0) is 0 Å². The van der Waals surface area contributed by atoms with Crippen LogP contribution in [-0.4, -0.2) is 28.9 Å². The van der Waals surface area contributed by atoms with Crippen LogP contribution in [0.25, 0.3) is 0 Å². The van der Waals surface area contributed by atoms with Gasteiger partial charge in [-0.05, 0) is 6.42 Å². The van der Waals surface area contributed by atoms with Crippen LogP contribution in [0, 0.1) is 0 Å². The standard InChI is InChI=1S/C14H13F7OS/c15-12(16,9-13(17,18)14(19,20)21)7-4-8-23-11(22)10-5-2-1-3-6-10/h1-3,5-6H,4,7-9H2. The molecule has 1 aromatic rings. The van der Waals surface area contributed by atoms with E-state index >= 15 is 0 Å². The second kappa shape index (κ2) is 7.55. The smallest absolute Gasteiger partial charge is 0.282 e. The molecule has 0 aliphatic heterocycles. The molecule has 1 nitrogen and oxygen atoms in total. The number of benzene rings is 1. The Balaban J connectivity index is 2.41. The quantitative estimate of drug-likeness (QED) is 0.466. The second-order valence-electron chi connectivity index (χ2n) is 4.84. The van der Waals surface area contributed by atoms with Gasteiger partial charge in [-0.25, -0.2) is 8.78 Å². The fourth-order valence-electron chi connectivity index (χ4n) is 1.67. The number of carbonyl (C=O) groups is 1. The van der Waals surface area contributed by atoms with Crippen molar-refractivity contribution >= 4 is 16.9 Å². The molecule has 0 N–H and O–H groups in total. The molecule has 0 saturated carbocycles. The lowest BCUT2D eigenvalue weighted by Gasteiger charge is -2.24. The van der Waals surface area contributed by atoms with Crippen molar-refractivity contribution in [3.63, 3.8) is 0 Å². The van der Waals surface area contributed by atoms with Crippen LogP contribution in [0.5, 0.6) is 0 Å². The van der Waals surface area contributed by atoms with Crippen molar-refractivity contribution in [2.45, 2.75) is 37.3 Å². The van der Waals surface area contributed by atoms with Crippen LogP contribution >= 0.6 is 11.8 Å². The summed E-state index contributed by atoms with van der Waals surface area (Å²) in [6, 6.07) is 7.95. The Morgan fingerprint density at radius 2 is 1.52 bits per heavy atom. The fourth-order valence-corrected chi connectivity index (χ4v) is 2.44. The molecule has 1 rings (SSSR count). The van der Waals surface area contributed by atoms with Crippen molar-refractivity contribution in [3.8, 4) is 0 Å². The van der Waals surface area contributed by atoms with E-state index in [-0.39, 0.29) is 17.3 Å². The van der Waals surface area contributed by atoms with Crippen molar-refractivity contribution in [1.29, 1.82) is 0 Å². The first-order valence-electron chi connectivity index (χ1n) is 6.49. The zero-order chi connectivity index (χ0) is 17.7. The molecule has 0 amide bonds. The van der Waals surface area contributed by atoms with Gasteiger partial charge in [-0.3, -0.25) is 4.79 Å². The fraction of sp³-hybridized carbons (Fsp3) is 0.500. The Hall–Kier alpha value is -1.25. The van der Waals surface area contributed by atoms with Gasteiger partial charge in [0.05, 0.1) is 6.42 Å². The van der Waals surface area contributed by atoms with E-state index < -0.39 is 30.9 Å². The van der Waals surface area contributed by atoms with E-state index in [4.69, 9.17) is 0 Å². The van der Waals surface area contributed by atoms with Gasteiger partial charge >= 0.3 is 12.1 Å². The molecule has 1 aromatic carbocycles. The first kappa shape index (κ1) is 19.8. The Morgan fingerprint density at radius 3 is 2.04 bits per heavy atom. The highest BCUT2D eigenvalue weighted by atomic mass is 32.2. The minimum absolute atomic E-state index is 0.0963. The molecule has 0 radical (unpaired) electrons. The molecule has 0 aromatic heterocycles. The SMILES string of the molecule is O=C(SCCCC(F)(F)CC(F)(F)C(F)(F)F)c1ccccc1. The molecule has 0 heterocycles. The highest BCUT2D eigenvalue weighted by Gasteiger charge is 2.61. The summed E-state index contributed by atoms with van der Waals surface area (Å²) in [5.74, 6) is -9.69. The van der Waals surface area contributed by atoms with Gasteiger partial charge in [0.25, 0.3) is 5.92 Å². The highest BCUT2D eigenvalue weighted by Crippen LogP contribution is 2.44. The van der Waals surface area contributed by atoms with Gasteiger partial charge in [0.15, 0.2) is 0 Å². The number of thioether (sulfide) groups is 1.